The Morgan fingerprint density at radius 2 is 1.69 bits per heavy atom. The van der Waals surface area contributed by atoms with Gasteiger partial charge in [-0.15, -0.1) is 24.5 Å². The maximum atomic E-state index is 12.6. The molecule has 7 nitrogen and oxygen atoms in total. The molecule has 1 aliphatic rings. The van der Waals surface area contributed by atoms with Crippen LogP contribution in [-0.4, -0.2) is 28.5 Å². The normalized spacial score (nSPS) is 18.0. The largest absolute Gasteiger partial charge is 0.573 e. The number of carbonyl (C=O) groups excluding carboxylic acids is 1. The van der Waals surface area contributed by atoms with E-state index in [-0.39, 0.29) is 17.5 Å². The van der Waals surface area contributed by atoms with Crippen LogP contribution in [0.25, 0.3) is 10.4 Å². The maximum absolute atomic E-state index is 12.6. The fourth-order valence-electron chi connectivity index (χ4n) is 3.98. The summed E-state index contributed by atoms with van der Waals surface area (Å²) in [6.07, 6.45) is -0.166. The summed E-state index contributed by atoms with van der Waals surface area (Å²) in [5.74, 6) is -1.25. The monoisotopic (exact) mass is 505 g/mol. The van der Waals surface area contributed by atoms with E-state index in [9.17, 15) is 22.8 Å². The van der Waals surface area contributed by atoms with Gasteiger partial charge in [-0.05, 0) is 55.5 Å². The molecule has 2 amide bonds. The third-order valence-corrected chi connectivity index (χ3v) is 6.95. The summed E-state index contributed by atoms with van der Waals surface area (Å²) in [5, 5.41) is 15.1. The van der Waals surface area contributed by atoms with Gasteiger partial charge in [0.1, 0.15) is 0 Å². The molecule has 4 rings (SSSR count). The number of aromatic nitrogens is 1. The number of ether oxygens (including phenoxy) is 1. The van der Waals surface area contributed by atoms with Gasteiger partial charge in [0.15, 0.2) is 5.75 Å². The standard InChI is InChI=1S/C24H22F3N3O4S/c25-24(26,27)34-19-4-2-1-3-18(19)30-23(33)29-17-11-9-14(10-12-17)20-13-28-21(35-20)15-5-7-16(8-6-15)22(31)32/h1-4,9-13,15-16H,5-8H2,(H,31,32)(H2,29,30,33). The molecule has 3 N–H and O–H groups in total. The number of hydrogen-bond acceptors (Lipinski definition) is 5. The zero-order chi connectivity index (χ0) is 25.0. The fraction of sp³-hybridized carbons (Fsp3) is 0.292. The highest BCUT2D eigenvalue weighted by Crippen LogP contribution is 2.39. The molecule has 11 heteroatoms. The minimum atomic E-state index is -4.88. The molecule has 0 bridgehead atoms. The molecule has 184 valence electrons. The molecule has 3 aromatic rings. The molecule has 1 heterocycles. The Morgan fingerprint density at radius 1 is 1.00 bits per heavy atom. The van der Waals surface area contributed by atoms with Crippen LogP contribution >= 0.6 is 11.3 Å². The predicted octanol–water partition coefficient (Wildman–Crippen LogP) is 6.71. The van der Waals surface area contributed by atoms with Crippen LogP contribution in [0.1, 0.15) is 36.6 Å². The number of nitrogens with zero attached hydrogens (tertiary/aromatic N) is 1. The highest BCUT2D eigenvalue weighted by molar-refractivity contribution is 7.15. The van der Waals surface area contributed by atoms with Gasteiger partial charge in [0, 0.05) is 17.8 Å². The molecule has 1 fully saturated rings. The number of aliphatic carboxylic acids is 1. The summed E-state index contributed by atoms with van der Waals surface area (Å²) in [4.78, 5) is 28.9. The first-order valence-electron chi connectivity index (χ1n) is 10.9. The highest BCUT2D eigenvalue weighted by Gasteiger charge is 2.32. The van der Waals surface area contributed by atoms with Crippen LogP contribution in [-0.2, 0) is 4.79 Å². The fourth-order valence-corrected chi connectivity index (χ4v) is 5.08. The van der Waals surface area contributed by atoms with Gasteiger partial charge in [-0.25, -0.2) is 9.78 Å². The van der Waals surface area contributed by atoms with Crippen molar-refractivity contribution in [2.45, 2.75) is 38.0 Å². The van der Waals surface area contributed by atoms with Crippen LogP contribution in [0.2, 0.25) is 0 Å². The number of hydrogen-bond donors (Lipinski definition) is 3. The van der Waals surface area contributed by atoms with Gasteiger partial charge in [0.2, 0.25) is 0 Å². The molecule has 1 saturated carbocycles. The van der Waals surface area contributed by atoms with Crippen LogP contribution in [0.5, 0.6) is 5.75 Å². The van der Waals surface area contributed by atoms with Crippen molar-refractivity contribution in [3.05, 3.63) is 59.7 Å². The molecule has 2 aromatic carbocycles. The van der Waals surface area contributed by atoms with Crippen molar-refractivity contribution in [1.29, 1.82) is 0 Å². The Morgan fingerprint density at radius 3 is 2.34 bits per heavy atom. The number of para-hydroxylation sites is 2. The number of carboxylic acid groups (broad SMARTS) is 1. The molecule has 0 radical (unpaired) electrons. The number of alkyl halides is 3. The number of thiazole rings is 1. The van der Waals surface area contributed by atoms with Gasteiger partial charge < -0.3 is 20.5 Å². The SMILES string of the molecule is O=C(Nc1ccc(-c2cnc(C3CCC(C(=O)O)CC3)s2)cc1)Nc1ccccc1OC(F)(F)F. The van der Waals surface area contributed by atoms with Crippen molar-refractivity contribution >= 4 is 34.7 Å². The summed E-state index contributed by atoms with van der Waals surface area (Å²) in [6.45, 7) is 0. The van der Waals surface area contributed by atoms with Gasteiger partial charge in [-0.2, -0.15) is 0 Å². The van der Waals surface area contributed by atoms with E-state index in [4.69, 9.17) is 5.11 Å². The van der Waals surface area contributed by atoms with Crippen LogP contribution in [0.15, 0.2) is 54.7 Å². The summed E-state index contributed by atoms with van der Waals surface area (Å²) >= 11 is 1.57. The molecule has 0 unspecified atom stereocenters. The van der Waals surface area contributed by atoms with E-state index in [1.54, 1.807) is 29.7 Å². The molecule has 0 aliphatic heterocycles. The minimum absolute atomic E-state index is 0.117. The van der Waals surface area contributed by atoms with Gasteiger partial charge in [-0.1, -0.05) is 24.3 Å². The summed E-state index contributed by atoms with van der Waals surface area (Å²) in [7, 11) is 0. The van der Waals surface area contributed by atoms with Gasteiger partial charge in [-0.3, -0.25) is 4.79 Å². The number of amides is 2. The number of benzene rings is 2. The quantitative estimate of drug-likeness (QED) is 0.346. The van der Waals surface area contributed by atoms with E-state index in [1.807, 2.05) is 12.1 Å². The molecule has 0 saturated heterocycles. The lowest BCUT2D eigenvalue weighted by Crippen LogP contribution is -2.22. The smallest absolute Gasteiger partial charge is 0.481 e. The molecular formula is C24H22F3N3O4S. The van der Waals surface area contributed by atoms with Crippen molar-refractivity contribution < 1.29 is 32.6 Å². The number of carboxylic acids is 1. The van der Waals surface area contributed by atoms with Crippen molar-refractivity contribution in [3.63, 3.8) is 0 Å². The average Bonchev–Trinajstić information content (AvgIpc) is 3.30. The summed E-state index contributed by atoms with van der Waals surface area (Å²) in [6, 6.07) is 11.5. The Bertz CT molecular complexity index is 1190. The summed E-state index contributed by atoms with van der Waals surface area (Å²) < 4.78 is 41.6. The molecule has 1 aromatic heterocycles. The lowest BCUT2D eigenvalue weighted by molar-refractivity contribution is -0.274. The zero-order valence-corrected chi connectivity index (χ0v) is 19.2. The second-order valence-electron chi connectivity index (χ2n) is 8.15. The molecular weight excluding hydrogens is 483 g/mol. The van der Waals surface area contributed by atoms with Gasteiger partial charge in [0.05, 0.1) is 21.5 Å². The van der Waals surface area contributed by atoms with Crippen molar-refractivity contribution in [2.75, 3.05) is 10.6 Å². The first-order chi connectivity index (χ1) is 16.7. The number of rotatable bonds is 6. The average molecular weight is 506 g/mol. The topological polar surface area (TPSA) is 101 Å². The number of halogens is 3. The van der Waals surface area contributed by atoms with Crippen molar-refractivity contribution in [3.8, 4) is 16.2 Å². The Kier molecular flexibility index (Phi) is 7.25. The lowest BCUT2D eigenvalue weighted by Gasteiger charge is -2.24. The van der Waals surface area contributed by atoms with Crippen LogP contribution in [0.3, 0.4) is 0 Å². The molecule has 35 heavy (non-hydrogen) atoms. The van der Waals surface area contributed by atoms with E-state index >= 15 is 0 Å². The van der Waals surface area contributed by atoms with Crippen LogP contribution in [0.4, 0.5) is 29.3 Å². The van der Waals surface area contributed by atoms with E-state index < -0.39 is 24.1 Å². The predicted molar refractivity (Wildman–Crippen MR) is 126 cm³/mol. The number of carbonyl (C=O) groups is 2. The minimum Gasteiger partial charge on any atom is -0.481 e. The van der Waals surface area contributed by atoms with Crippen LogP contribution < -0.4 is 15.4 Å². The zero-order valence-electron chi connectivity index (χ0n) is 18.3. The first kappa shape index (κ1) is 24.5. The highest BCUT2D eigenvalue weighted by atomic mass is 32.1. The Balaban J connectivity index is 1.36. The van der Waals surface area contributed by atoms with Crippen molar-refractivity contribution in [2.24, 2.45) is 5.92 Å². The Labute approximate surface area is 203 Å². The van der Waals surface area contributed by atoms with Gasteiger partial charge in [0.25, 0.3) is 0 Å². The number of nitrogens with one attached hydrogen (secondary N) is 2. The van der Waals surface area contributed by atoms with Crippen molar-refractivity contribution in [1.82, 2.24) is 4.98 Å². The second-order valence-corrected chi connectivity index (χ2v) is 9.21. The molecule has 0 spiro atoms. The van der Waals surface area contributed by atoms with Crippen LogP contribution in [0, 0.1) is 5.92 Å². The third kappa shape index (κ3) is 6.50. The Hall–Kier alpha value is -3.60. The third-order valence-electron chi connectivity index (χ3n) is 5.74. The molecule has 0 atom stereocenters. The maximum Gasteiger partial charge on any atom is 0.573 e. The second kappa shape index (κ2) is 10.3. The van der Waals surface area contributed by atoms with E-state index in [2.05, 4.69) is 20.4 Å². The molecule has 1 aliphatic carbocycles. The number of urea groups is 1. The number of anilines is 2. The van der Waals surface area contributed by atoms with E-state index in [1.165, 1.54) is 18.2 Å². The van der Waals surface area contributed by atoms with Gasteiger partial charge >= 0.3 is 18.4 Å². The summed E-state index contributed by atoms with van der Waals surface area (Å²) in [5.41, 5.74) is 1.24. The lowest BCUT2D eigenvalue weighted by atomic mass is 9.82. The van der Waals surface area contributed by atoms with E-state index in [0.29, 0.717) is 18.5 Å². The first-order valence-corrected chi connectivity index (χ1v) is 11.7. The van der Waals surface area contributed by atoms with E-state index in [0.717, 1.165) is 34.4 Å².